The standard InChI is InChI=1S/C15H13Cl2N3/c1-2-20-14-11(17)4-3-5-13(14)19-15(20)9-6-7-10(16)12(18)8-9/h3-8H,2,18H2,1H3. The highest BCUT2D eigenvalue weighted by Gasteiger charge is 2.14. The molecule has 0 unspecified atom stereocenters. The van der Waals surface area contributed by atoms with Crippen molar-refractivity contribution in [2.24, 2.45) is 0 Å². The molecule has 3 rings (SSSR count). The number of nitrogens with zero attached hydrogens (tertiary/aromatic N) is 2. The largest absolute Gasteiger partial charge is 0.398 e. The van der Waals surface area contributed by atoms with Gasteiger partial charge in [-0.3, -0.25) is 0 Å². The number of imidazole rings is 1. The Hall–Kier alpha value is -1.71. The summed E-state index contributed by atoms with van der Waals surface area (Å²) in [6.45, 7) is 2.84. The van der Waals surface area contributed by atoms with Gasteiger partial charge in [-0.05, 0) is 37.3 Å². The first-order valence-corrected chi connectivity index (χ1v) is 7.07. The normalized spacial score (nSPS) is 11.2. The molecular weight excluding hydrogens is 293 g/mol. The summed E-state index contributed by atoms with van der Waals surface area (Å²) in [6, 6.07) is 11.3. The van der Waals surface area contributed by atoms with Crippen molar-refractivity contribution in [3.05, 3.63) is 46.4 Å². The van der Waals surface area contributed by atoms with Crippen LogP contribution in [-0.2, 0) is 6.54 Å². The maximum Gasteiger partial charge on any atom is 0.141 e. The van der Waals surface area contributed by atoms with E-state index in [9.17, 15) is 0 Å². The topological polar surface area (TPSA) is 43.8 Å². The molecule has 0 fully saturated rings. The molecule has 20 heavy (non-hydrogen) atoms. The second-order valence-corrected chi connectivity index (χ2v) is 5.34. The number of nitrogens with two attached hydrogens (primary N) is 1. The van der Waals surface area contributed by atoms with Crippen LogP contribution in [0.1, 0.15) is 6.92 Å². The molecule has 0 aliphatic heterocycles. The number of aryl methyl sites for hydroxylation is 1. The molecule has 102 valence electrons. The predicted octanol–water partition coefficient (Wildman–Crippen LogP) is 4.61. The Kier molecular flexibility index (Phi) is 3.32. The van der Waals surface area contributed by atoms with Gasteiger partial charge in [0.1, 0.15) is 5.82 Å². The molecule has 2 N–H and O–H groups in total. The lowest BCUT2D eigenvalue weighted by atomic mass is 10.2. The first-order valence-electron chi connectivity index (χ1n) is 6.32. The highest BCUT2D eigenvalue weighted by molar-refractivity contribution is 6.35. The van der Waals surface area contributed by atoms with Crippen LogP contribution in [0, 0.1) is 0 Å². The fourth-order valence-corrected chi connectivity index (χ4v) is 2.74. The van der Waals surface area contributed by atoms with Crippen molar-refractivity contribution in [3.63, 3.8) is 0 Å². The highest BCUT2D eigenvalue weighted by atomic mass is 35.5. The minimum Gasteiger partial charge on any atom is -0.398 e. The molecular formula is C15H13Cl2N3. The van der Waals surface area contributed by atoms with E-state index in [0.717, 1.165) is 29.0 Å². The lowest BCUT2D eigenvalue weighted by Gasteiger charge is -2.08. The number of fused-ring (bicyclic) bond motifs is 1. The number of hydrogen-bond acceptors (Lipinski definition) is 2. The molecule has 0 aliphatic rings. The van der Waals surface area contributed by atoms with Crippen LogP contribution in [0.25, 0.3) is 22.4 Å². The second kappa shape index (κ2) is 5.00. The summed E-state index contributed by atoms with van der Waals surface area (Å²) >= 11 is 12.3. The van der Waals surface area contributed by atoms with E-state index >= 15 is 0 Å². The Morgan fingerprint density at radius 1 is 1.15 bits per heavy atom. The lowest BCUT2D eigenvalue weighted by Crippen LogP contribution is -1.98. The maximum absolute atomic E-state index is 6.29. The van der Waals surface area contributed by atoms with Crippen molar-refractivity contribution in [2.45, 2.75) is 13.5 Å². The number of para-hydroxylation sites is 1. The van der Waals surface area contributed by atoms with E-state index in [2.05, 4.69) is 16.5 Å². The molecule has 1 heterocycles. The number of nitrogen functional groups attached to an aromatic ring is 1. The Bertz CT molecular complexity index is 793. The van der Waals surface area contributed by atoms with E-state index in [4.69, 9.17) is 28.9 Å². The molecule has 0 amide bonds. The molecule has 1 aromatic heterocycles. The van der Waals surface area contributed by atoms with Gasteiger partial charge in [0.2, 0.25) is 0 Å². The summed E-state index contributed by atoms with van der Waals surface area (Å²) in [5.41, 5.74) is 9.18. The quantitative estimate of drug-likeness (QED) is 0.702. The molecule has 2 aromatic carbocycles. The van der Waals surface area contributed by atoms with Crippen LogP contribution in [0.15, 0.2) is 36.4 Å². The Morgan fingerprint density at radius 2 is 1.95 bits per heavy atom. The van der Waals surface area contributed by atoms with Crippen LogP contribution in [0.4, 0.5) is 5.69 Å². The number of benzene rings is 2. The van der Waals surface area contributed by atoms with Gasteiger partial charge in [-0.15, -0.1) is 0 Å². The number of aromatic nitrogens is 2. The van der Waals surface area contributed by atoms with Crippen LogP contribution in [-0.4, -0.2) is 9.55 Å². The summed E-state index contributed by atoms with van der Waals surface area (Å²) in [7, 11) is 0. The zero-order valence-electron chi connectivity index (χ0n) is 10.9. The zero-order valence-corrected chi connectivity index (χ0v) is 12.4. The van der Waals surface area contributed by atoms with Crippen molar-refractivity contribution < 1.29 is 0 Å². The van der Waals surface area contributed by atoms with Gasteiger partial charge in [-0.2, -0.15) is 0 Å². The maximum atomic E-state index is 6.29. The molecule has 0 atom stereocenters. The van der Waals surface area contributed by atoms with Gasteiger partial charge in [0, 0.05) is 12.1 Å². The van der Waals surface area contributed by atoms with Gasteiger partial charge >= 0.3 is 0 Å². The van der Waals surface area contributed by atoms with E-state index in [0.29, 0.717) is 15.7 Å². The smallest absolute Gasteiger partial charge is 0.141 e. The van der Waals surface area contributed by atoms with Gasteiger partial charge in [0.25, 0.3) is 0 Å². The van der Waals surface area contributed by atoms with Crippen LogP contribution >= 0.6 is 23.2 Å². The van der Waals surface area contributed by atoms with Gasteiger partial charge in [-0.25, -0.2) is 4.98 Å². The van der Waals surface area contributed by atoms with E-state index < -0.39 is 0 Å². The average molecular weight is 306 g/mol. The van der Waals surface area contributed by atoms with Crippen molar-refractivity contribution in [1.82, 2.24) is 9.55 Å². The summed E-state index contributed by atoms with van der Waals surface area (Å²) in [6.07, 6.45) is 0. The number of anilines is 1. The Labute approximate surface area is 126 Å². The lowest BCUT2D eigenvalue weighted by molar-refractivity contribution is 0.796. The average Bonchev–Trinajstić information content (AvgIpc) is 2.82. The molecule has 0 radical (unpaired) electrons. The minimum atomic E-state index is 0.546. The fourth-order valence-electron chi connectivity index (χ4n) is 2.35. The van der Waals surface area contributed by atoms with Crippen LogP contribution in [0.5, 0.6) is 0 Å². The number of halogens is 2. The third kappa shape index (κ3) is 2.03. The molecule has 0 aliphatic carbocycles. The summed E-state index contributed by atoms with van der Waals surface area (Å²) in [5.74, 6) is 0.846. The van der Waals surface area contributed by atoms with Crippen molar-refractivity contribution in [3.8, 4) is 11.4 Å². The van der Waals surface area contributed by atoms with E-state index in [1.54, 1.807) is 6.07 Å². The molecule has 0 saturated carbocycles. The molecule has 0 saturated heterocycles. The van der Waals surface area contributed by atoms with Crippen LogP contribution in [0.2, 0.25) is 10.0 Å². The first kappa shape index (κ1) is 13.3. The van der Waals surface area contributed by atoms with Gasteiger partial charge in [0.15, 0.2) is 0 Å². The minimum absolute atomic E-state index is 0.546. The SMILES string of the molecule is CCn1c(-c2ccc(Cl)c(N)c2)nc2cccc(Cl)c21. The predicted molar refractivity (Wildman–Crippen MR) is 85.3 cm³/mol. The first-order chi connectivity index (χ1) is 9.61. The highest BCUT2D eigenvalue weighted by Crippen LogP contribution is 2.31. The summed E-state index contributed by atoms with van der Waals surface area (Å²) < 4.78 is 2.08. The van der Waals surface area contributed by atoms with Gasteiger partial charge in [0.05, 0.1) is 26.8 Å². The number of hydrogen-bond donors (Lipinski definition) is 1. The van der Waals surface area contributed by atoms with Crippen LogP contribution < -0.4 is 5.73 Å². The molecule has 0 spiro atoms. The van der Waals surface area contributed by atoms with Crippen molar-refractivity contribution in [2.75, 3.05) is 5.73 Å². The third-order valence-corrected chi connectivity index (χ3v) is 3.94. The van der Waals surface area contributed by atoms with Crippen LogP contribution in [0.3, 0.4) is 0 Å². The van der Waals surface area contributed by atoms with E-state index in [-0.39, 0.29) is 0 Å². The molecule has 5 heteroatoms. The Balaban J connectivity index is 2.30. The number of rotatable bonds is 2. The fraction of sp³-hybridized carbons (Fsp3) is 0.133. The second-order valence-electron chi connectivity index (χ2n) is 4.52. The van der Waals surface area contributed by atoms with Gasteiger partial charge < -0.3 is 10.3 Å². The monoisotopic (exact) mass is 305 g/mol. The van der Waals surface area contributed by atoms with E-state index in [1.165, 1.54) is 0 Å². The summed E-state index contributed by atoms with van der Waals surface area (Å²) in [5, 5.41) is 1.25. The molecule has 3 nitrogen and oxygen atoms in total. The molecule has 0 bridgehead atoms. The summed E-state index contributed by atoms with van der Waals surface area (Å²) in [4.78, 5) is 4.67. The van der Waals surface area contributed by atoms with Crippen molar-refractivity contribution >= 4 is 39.9 Å². The molecule has 3 aromatic rings. The third-order valence-electron chi connectivity index (χ3n) is 3.29. The van der Waals surface area contributed by atoms with Crippen molar-refractivity contribution in [1.29, 1.82) is 0 Å². The van der Waals surface area contributed by atoms with E-state index in [1.807, 2.05) is 30.3 Å². The van der Waals surface area contributed by atoms with Gasteiger partial charge in [-0.1, -0.05) is 29.3 Å². The Morgan fingerprint density at radius 3 is 2.65 bits per heavy atom. The zero-order chi connectivity index (χ0) is 14.3.